The van der Waals surface area contributed by atoms with Gasteiger partial charge in [0.2, 0.25) is 0 Å². The zero-order chi connectivity index (χ0) is 12.3. The highest BCUT2D eigenvalue weighted by Crippen LogP contribution is 2.23. The molecule has 4 heteroatoms. The van der Waals surface area contributed by atoms with Crippen LogP contribution in [0, 0.1) is 17.2 Å². The minimum atomic E-state index is 0.293. The molecule has 1 aliphatic rings. The Labute approximate surface area is 101 Å². The highest BCUT2D eigenvalue weighted by Gasteiger charge is 2.23. The summed E-state index contributed by atoms with van der Waals surface area (Å²) in [6.45, 7) is 3.76. The van der Waals surface area contributed by atoms with Gasteiger partial charge in [-0.05, 0) is 31.5 Å². The van der Waals surface area contributed by atoms with Crippen molar-refractivity contribution < 1.29 is 4.74 Å². The molecule has 2 atom stereocenters. The van der Waals surface area contributed by atoms with Crippen LogP contribution in [0.25, 0.3) is 0 Å². The van der Waals surface area contributed by atoms with Gasteiger partial charge in [0, 0.05) is 24.8 Å². The molecule has 90 valence electrons. The highest BCUT2D eigenvalue weighted by atomic mass is 16.5. The minimum absolute atomic E-state index is 0.293. The summed E-state index contributed by atoms with van der Waals surface area (Å²) in [5.74, 6) is 0.513. The van der Waals surface area contributed by atoms with E-state index in [0.29, 0.717) is 23.3 Å². The summed E-state index contributed by atoms with van der Waals surface area (Å²) in [5.41, 5.74) is 7.70. The van der Waals surface area contributed by atoms with Gasteiger partial charge in [-0.25, -0.2) is 0 Å². The first-order valence-electron chi connectivity index (χ1n) is 5.86. The van der Waals surface area contributed by atoms with Crippen LogP contribution < -0.4 is 11.1 Å². The molecule has 0 radical (unpaired) electrons. The number of ether oxygens (including phenoxy) is 1. The number of rotatable bonds is 3. The minimum Gasteiger partial charge on any atom is -0.399 e. The summed E-state index contributed by atoms with van der Waals surface area (Å²) in [4.78, 5) is 0. The van der Waals surface area contributed by atoms with E-state index >= 15 is 0 Å². The molecule has 1 fully saturated rings. The SMILES string of the molecule is CC1OCCC1CNc1ccc(N)cc1C#N. The van der Waals surface area contributed by atoms with Crippen LogP contribution >= 0.6 is 0 Å². The van der Waals surface area contributed by atoms with Gasteiger partial charge >= 0.3 is 0 Å². The maximum atomic E-state index is 9.02. The summed E-state index contributed by atoms with van der Waals surface area (Å²) in [6.07, 6.45) is 1.37. The molecule has 0 aromatic heterocycles. The molecule has 3 N–H and O–H groups in total. The van der Waals surface area contributed by atoms with E-state index in [0.717, 1.165) is 25.3 Å². The van der Waals surface area contributed by atoms with E-state index in [1.54, 1.807) is 12.1 Å². The average Bonchev–Trinajstić information content (AvgIpc) is 2.73. The molecule has 1 aliphatic heterocycles. The molecule has 2 rings (SSSR count). The number of anilines is 2. The second kappa shape index (κ2) is 5.07. The quantitative estimate of drug-likeness (QED) is 0.780. The average molecular weight is 231 g/mol. The molecule has 0 amide bonds. The maximum absolute atomic E-state index is 9.02. The Balaban J connectivity index is 2.01. The van der Waals surface area contributed by atoms with Crippen LogP contribution in [-0.2, 0) is 4.74 Å². The third-order valence-corrected chi connectivity index (χ3v) is 3.25. The van der Waals surface area contributed by atoms with E-state index in [4.69, 9.17) is 15.7 Å². The lowest BCUT2D eigenvalue weighted by molar-refractivity contribution is 0.108. The van der Waals surface area contributed by atoms with Gasteiger partial charge in [-0.3, -0.25) is 0 Å². The first-order valence-corrected chi connectivity index (χ1v) is 5.86. The molecule has 0 aliphatic carbocycles. The maximum Gasteiger partial charge on any atom is 0.101 e. The van der Waals surface area contributed by atoms with Crippen LogP contribution in [0.4, 0.5) is 11.4 Å². The smallest absolute Gasteiger partial charge is 0.101 e. The predicted molar refractivity (Wildman–Crippen MR) is 67.6 cm³/mol. The van der Waals surface area contributed by atoms with E-state index in [9.17, 15) is 0 Å². The van der Waals surface area contributed by atoms with Crippen LogP contribution in [-0.4, -0.2) is 19.3 Å². The number of hydrogen-bond donors (Lipinski definition) is 2. The normalized spacial score (nSPS) is 23.3. The van der Waals surface area contributed by atoms with Crippen LogP contribution in [0.1, 0.15) is 18.9 Å². The van der Waals surface area contributed by atoms with Gasteiger partial charge in [-0.15, -0.1) is 0 Å². The first kappa shape index (κ1) is 11.7. The summed E-state index contributed by atoms with van der Waals surface area (Å²) in [6, 6.07) is 7.50. The zero-order valence-corrected chi connectivity index (χ0v) is 9.94. The Kier molecular flexibility index (Phi) is 3.50. The van der Waals surface area contributed by atoms with E-state index in [-0.39, 0.29) is 0 Å². The van der Waals surface area contributed by atoms with Gasteiger partial charge in [0.15, 0.2) is 0 Å². The van der Waals surface area contributed by atoms with Gasteiger partial charge in [0.25, 0.3) is 0 Å². The third kappa shape index (κ3) is 2.69. The van der Waals surface area contributed by atoms with E-state index in [2.05, 4.69) is 18.3 Å². The molecular formula is C13H17N3O. The Morgan fingerprint density at radius 1 is 1.59 bits per heavy atom. The van der Waals surface area contributed by atoms with Gasteiger partial charge < -0.3 is 15.8 Å². The lowest BCUT2D eigenvalue weighted by atomic mass is 10.0. The third-order valence-electron chi connectivity index (χ3n) is 3.25. The lowest BCUT2D eigenvalue weighted by Gasteiger charge is -2.16. The second-order valence-corrected chi connectivity index (χ2v) is 4.42. The van der Waals surface area contributed by atoms with Crippen LogP contribution in [0.2, 0.25) is 0 Å². The number of nitrogens with one attached hydrogen (secondary N) is 1. The number of nitrogens with zero attached hydrogens (tertiary/aromatic N) is 1. The Hall–Kier alpha value is -1.73. The number of hydrogen-bond acceptors (Lipinski definition) is 4. The molecule has 4 nitrogen and oxygen atoms in total. The summed E-state index contributed by atoms with van der Waals surface area (Å²) < 4.78 is 5.50. The van der Waals surface area contributed by atoms with Crippen molar-refractivity contribution in [1.29, 1.82) is 5.26 Å². The number of nitriles is 1. The number of nitrogens with two attached hydrogens (primary N) is 1. The molecule has 0 saturated carbocycles. The van der Waals surface area contributed by atoms with Gasteiger partial charge in [-0.2, -0.15) is 5.26 Å². The molecular weight excluding hydrogens is 214 g/mol. The van der Waals surface area contributed by atoms with Gasteiger partial charge in [0.05, 0.1) is 17.4 Å². The van der Waals surface area contributed by atoms with Crippen LogP contribution in [0.15, 0.2) is 18.2 Å². The van der Waals surface area contributed by atoms with E-state index in [1.165, 1.54) is 0 Å². The number of benzene rings is 1. The largest absolute Gasteiger partial charge is 0.399 e. The highest BCUT2D eigenvalue weighted by molar-refractivity contribution is 5.62. The zero-order valence-electron chi connectivity index (χ0n) is 9.94. The molecule has 1 aromatic carbocycles. The van der Waals surface area contributed by atoms with Crippen molar-refractivity contribution in [2.75, 3.05) is 24.2 Å². The van der Waals surface area contributed by atoms with Crippen molar-refractivity contribution in [1.82, 2.24) is 0 Å². The molecule has 2 unspecified atom stereocenters. The van der Waals surface area contributed by atoms with Crippen molar-refractivity contribution in [2.45, 2.75) is 19.4 Å². The lowest BCUT2D eigenvalue weighted by Crippen LogP contribution is -2.21. The Morgan fingerprint density at radius 3 is 3.06 bits per heavy atom. The van der Waals surface area contributed by atoms with Crippen LogP contribution in [0.3, 0.4) is 0 Å². The molecule has 0 bridgehead atoms. The fraction of sp³-hybridized carbons (Fsp3) is 0.462. The second-order valence-electron chi connectivity index (χ2n) is 4.42. The first-order chi connectivity index (χ1) is 8.20. The topological polar surface area (TPSA) is 71.1 Å². The van der Waals surface area contributed by atoms with Crippen LogP contribution in [0.5, 0.6) is 0 Å². The Morgan fingerprint density at radius 2 is 2.41 bits per heavy atom. The van der Waals surface area contributed by atoms with Gasteiger partial charge in [-0.1, -0.05) is 0 Å². The Bertz CT molecular complexity index is 439. The number of nitrogen functional groups attached to an aromatic ring is 1. The monoisotopic (exact) mass is 231 g/mol. The van der Waals surface area contributed by atoms with Crippen molar-refractivity contribution >= 4 is 11.4 Å². The summed E-state index contributed by atoms with van der Waals surface area (Å²) >= 11 is 0. The van der Waals surface area contributed by atoms with E-state index in [1.807, 2.05) is 6.07 Å². The molecule has 17 heavy (non-hydrogen) atoms. The van der Waals surface area contributed by atoms with Gasteiger partial charge in [0.1, 0.15) is 6.07 Å². The molecule has 1 saturated heterocycles. The fourth-order valence-corrected chi connectivity index (χ4v) is 2.09. The standard InChI is InChI=1S/C13H17N3O/c1-9-10(4-5-17-9)8-16-13-3-2-12(15)6-11(13)7-14/h2-3,6,9-10,16H,4-5,8,15H2,1H3. The van der Waals surface area contributed by atoms with Crippen molar-refractivity contribution in [2.24, 2.45) is 5.92 Å². The van der Waals surface area contributed by atoms with Crippen molar-refractivity contribution in [3.63, 3.8) is 0 Å². The van der Waals surface area contributed by atoms with Crippen molar-refractivity contribution in [3.8, 4) is 6.07 Å². The van der Waals surface area contributed by atoms with E-state index < -0.39 is 0 Å². The molecule has 1 aromatic rings. The van der Waals surface area contributed by atoms with Crippen molar-refractivity contribution in [3.05, 3.63) is 23.8 Å². The summed E-state index contributed by atoms with van der Waals surface area (Å²) in [7, 11) is 0. The summed E-state index contributed by atoms with van der Waals surface area (Å²) in [5, 5.41) is 12.3. The predicted octanol–water partition coefficient (Wildman–Crippen LogP) is 1.98. The molecule has 0 spiro atoms. The fourth-order valence-electron chi connectivity index (χ4n) is 2.09. The molecule has 1 heterocycles.